The van der Waals surface area contributed by atoms with Gasteiger partial charge >= 0.3 is 5.69 Å². The first-order valence-electron chi connectivity index (χ1n) is 11.8. The van der Waals surface area contributed by atoms with Gasteiger partial charge in [-0.2, -0.15) is 9.97 Å². The van der Waals surface area contributed by atoms with E-state index < -0.39 is 41.4 Å². The lowest BCUT2D eigenvalue weighted by Gasteiger charge is -2.24. The van der Waals surface area contributed by atoms with Crippen molar-refractivity contribution in [2.45, 2.75) is 13.1 Å². The molecule has 0 aromatic carbocycles. The van der Waals surface area contributed by atoms with Gasteiger partial charge in [0.25, 0.3) is 5.56 Å². The number of H-pyrrole nitrogens is 1. The number of nitrogens with two attached hydrogens (primary N) is 4. The van der Waals surface area contributed by atoms with Crippen molar-refractivity contribution in [2.75, 3.05) is 50.7 Å². The van der Waals surface area contributed by atoms with E-state index in [1.54, 1.807) is 0 Å². The van der Waals surface area contributed by atoms with Crippen molar-refractivity contribution in [2.24, 2.45) is 11.5 Å². The smallest absolute Gasteiger partial charge is 0.349 e. The second-order valence-electron chi connectivity index (χ2n) is 8.49. The number of imidazole rings is 1. The fraction of sp³-hybridized carbons (Fsp3) is 0.381. The van der Waals surface area contributed by atoms with Gasteiger partial charge in [0.2, 0.25) is 29.6 Å². The van der Waals surface area contributed by atoms with Crippen molar-refractivity contribution in [1.82, 2.24) is 44.2 Å². The maximum atomic E-state index is 12.9. The standard InChI is InChI=1S/C21H29N13O6/c22-2-5-31(15(37)9-33-4-1-12(23)28-21(33)40)8-14(36)26-3-6-32(7-13(24)35)16(38)10-34-11-27-17-18(34)29-20(25)30-19(17)39/h1,4,11H,2-3,5-10,22H2,(H2,24,35)(H,26,36)(H2,23,28,40)(H3,25,29,30,39). The highest BCUT2D eigenvalue weighted by atomic mass is 16.2. The Kier molecular flexibility index (Phi) is 9.47. The summed E-state index contributed by atoms with van der Waals surface area (Å²) in [7, 11) is 0. The van der Waals surface area contributed by atoms with Crippen molar-refractivity contribution < 1.29 is 19.2 Å². The molecule has 0 aliphatic heterocycles. The molecule has 0 saturated carbocycles. The van der Waals surface area contributed by atoms with E-state index in [2.05, 4.69) is 25.3 Å². The molecule has 4 amide bonds. The van der Waals surface area contributed by atoms with Crippen LogP contribution < -0.4 is 39.5 Å². The van der Waals surface area contributed by atoms with Gasteiger partial charge in [0, 0.05) is 32.4 Å². The minimum atomic E-state index is -0.791. The molecule has 3 rings (SSSR count). The minimum absolute atomic E-state index is 0.00532. The summed E-state index contributed by atoms with van der Waals surface area (Å²) in [5.74, 6) is -2.65. The molecule has 0 atom stereocenters. The maximum absolute atomic E-state index is 12.9. The molecule has 19 nitrogen and oxygen atoms in total. The lowest BCUT2D eigenvalue weighted by Crippen LogP contribution is -2.47. The molecule has 214 valence electrons. The largest absolute Gasteiger partial charge is 0.383 e. The molecule has 0 aliphatic carbocycles. The summed E-state index contributed by atoms with van der Waals surface area (Å²) < 4.78 is 2.32. The van der Waals surface area contributed by atoms with Crippen molar-refractivity contribution >= 4 is 46.6 Å². The average molecular weight is 560 g/mol. The van der Waals surface area contributed by atoms with Crippen LogP contribution in [-0.4, -0.2) is 102 Å². The molecular weight excluding hydrogens is 530 g/mol. The number of primary amides is 1. The van der Waals surface area contributed by atoms with Crippen LogP contribution in [0.2, 0.25) is 0 Å². The van der Waals surface area contributed by atoms with Gasteiger partial charge in [-0.1, -0.05) is 0 Å². The molecule has 0 radical (unpaired) electrons. The molecular formula is C21H29N13O6. The number of carbonyl (C=O) groups excluding carboxylic acids is 4. The van der Waals surface area contributed by atoms with Crippen LogP contribution in [0.25, 0.3) is 11.2 Å². The third-order valence-corrected chi connectivity index (χ3v) is 5.49. The first-order chi connectivity index (χ1) is 19.0. The summed E-state index contributed by atoms with van der Waals surface area (Å²) in [6.45, 7) is -1.63. The first-order valence-corrected chi connectivity index (χ1v) is 11.8. The van der Waals surface area contributed by atoms with Crippen LogP contribution >= 0.6 is 0 Å². The summed E-state index contributed by atoms with van der Waals surface area (Å²) in [5, 5.41) is 2.56. The Morgan fingerprint density at radius 2 is 1.65 bits per heavy atom. The van der Waals surface area contributed by atoms with E-state index in [0.29, 0.717) is 0 Å². The van der Waals surface area contributed by atoms with E-state index in [1.807, 2.05) is 0 Å². The molecule has 0 unspecified atom stereocenters. The van der Waals surface area contributed by atoms with Crippen molar-refractivity contribution in [3.05, 3.63) is 39.4 Å². The maximum Gasteiger partial charge on any atom is 0.349 e. The van der Waals surface area contributed by atoms with Gasteiger partial charge in [-0.3, -0.25) is 33.5 Å². The van der Waals surface area contributed by atoms with E-state index in [9.17, 15) is 28.8 Å². The third-order valence-electron chi connectivity index (χ3n) is 5.49. The number of nitrogens with one attached hydrogen (secondary N) is 2. The van der Waals surface area contributed by atoms with Crippen LogP contribution in [0, 0.1) is 0 Å². The number of fused-ring (bicyclic) bond motifs is 1. The van der Waals surface area contributed by atoms with Crippen molar-refractivity contribution in [3.63, 3.8) is 0 Å². The van der Waals surface area contributed by atoms with Crippen molar-refractivity contribution in [3.8, 4) is 0 Å². The Hall–Kier alpha value is -5.33. The highest BCUT2D eigenvalue weighted by Gasteiger charge is 2.21. The van der Waals surface area contributed by atoms with E-state index in [0.717, 1.165) is 14.4 Å². The first kappa shape index (κ1) is 29.2. The Morgan fingerprint density at radius 3 is 2.30 bits per heavy atom. The number of hydrogen-bond acceptors (Lipinski definition) is 12. The number of anilines is 2. The summed E-state index contributed by atoms with van der Waals surface area (Å²) in [6.07, 6.45) is 2.54. The fourth-order valence-corrected chi connectivity index (χ4v) is 3.63. The summed E-state index contributed by atoms with van der Waals surface area (Å²) >= 11 is 0. The van der Waals surface area contributed by atoms with Gasteiger partial charge in [0.05, 0.1) is 19.4 Å². The quantitative estimate of drug-likeness (QED) is 0.114. The van der Waals surface area contributed by atoms with Gasteiger partial charge in [0.15, 0.2) is 11.2 Å². The number of aromatic nitrogens is 6. The lowest BCUT2D eigenvalue weighted by molar-refractivity contribution is -0.137. The summed E-state index contributed by atoms with van der Waals surface area (Å²) in [6, 6.07) is 1.36. The number of nitrogens with zero attached hydrogens (tertiary/aromatic N) is 7. The number of hydrogen-bond donors (Lipinski definition) is 6. The molecule has 0 fully saturated rings. The van der Waals surface area contributed by atoms with Crippen LogP contribution in [0.3, 0.4) is 0 Å². The SMILES string of the molecule is NCCN(CC(=O)NCCN(CC(N)=O)C(=O)Cn1cnc2c(=O)[nH]c(N)nc21)C(=O)Cn1ccc(N)nc1=O. The molecule has 3 heterocycles. The predicted molar refractivity (Wildman–Crippen MR) is 140 cm³/mol. The van der Waals surface area contributed by atoms with Gasteiger partial charge in [-0.05, 0) is 6.07 Å². The Labute approximate surface area is 225 Å². The minimum Gasteiger partial charge on any atom is -0.383 e. The zero-order valence-corrected chi connectivity index (χ0v) is 21.3. The normalized spacial score (nSPS) is 10.8. The van der Waals surface area contributed by atoms with Crippen LogP contribution in [-0.2, 0) is 32.3 Å². The van der Waals surface area contributed by atoms with Gasteiger partial charge in [-0.25, -0.2) is 9.78 Å². The van der Waals surface area contributed by atoms with Gasteiger partial charge < -0.3 is 42.6 Å². The molecule has 40 heavy (non-hydrogen) atoms. The van der Waals surface area contributed by atoms with Crippen molar-refractivity contribution in [1.29, 1.82) is 0 Å². The van der Waals surface area contributed by atoms with Crippen LogP contribution in [0.1, 0.15) is 0 Å². The van der Waals surface area contributed by atoms with E-state index in [1.165, 1.54) is 23.2 Å². The molecule has 3 aromatic rings. The Morgan fingerprint density at radius 1 is 0.975 bits per heavy atom. The van der Waals surface area contributed by atoms with Crippen LogP contribution in [0.4, 0.5) is 11.8 Å². The highest BCUT2D eigenvalue weighted by Crippen LogP contribution is 2.07. The topological polar surface area (TPSA) is 289 Å². The number of aromatic amines is 1. The molecule has 0 bridgehead atoms. The average Bonchev–Trinajstić information content (AvgIpc) is 3.27. The zero-order valence-electron chi connectivity index (χ0n) is 21.3. The zero-order chi connectivity index (χ0) is 29.4. The summed E-state index contributed by atoms with van der Waals surface area (Å²) in [5.41, 5.74) is 20.6. The van der Waals surface area contributed by atoms with E-state index in [-0.39, 0.29) is 68.7 Å². The predicted octanol–water partition coefficient (Wildman–Crippen LogP) is -5.24. The second kappa shape index (κ2) is 13.0. The van der Waals surface area contributed by atoms with E-state index >= 15 is 0 Å². The second-order valence-corrected chi connectivity index (χ2v) is 8.49. The third kappa shape index (κ3) is 7.60. The van der Waals surface area contributed by atoms with Crippen LogP contribution in [0.15, 0.2) is 28.2 Å². The molecule has 19 heteroatoms. The molecule has 3 aromatic heterocycles. The summed E-state index contributed by atoms with van der Waals surface area (Å²) in [4.78, 5) is 89.6. The van der Waals surface area contributed by atoms with E-state index in [4.69, 9.17) is 22.9 Å². The Balaban J connectivity index is 1.59. The highest BCUT2D eigenvalue weighted by molar-refractivity contribution is 5.86. The number of nitrogen functional groups attached to an aromatic ring is 2. The number of carbonyl (C=O) groups is 4. The van der Waals surface area contributed by atoms with Crippen LogP contribution in [0.5, 0.6) is 0 Å². The molecule has 0 saturated heterocycles. The fourth-order valence-electron chi connectivity index (χ4n) is 3.63. The number of amides is 4. The number of rotatable bonds is 13. The molecule has 0 aliphatic rings. The monoisotopic (exact) mass is 559 g/mol. The van der Waals surface area contributed by atoms with Gasteiger partial charge in [-0.15, -0.1) is 0 Å². The molecule has 10 N–H and O–H groups in total. The van der Waals surface area contributed by atoms with Gasteiger partial charge in [0.1, 0.15) is 18.9 Å². The molecule has 0 spiro atoms. The Bertz CT molecular complexity index is 1530. The lowest BCUT2D eigenvalue weighted by atomic mass is 10.3.